The molecule has 0 aliphatic rings. The fourth-order valence-corrected chi connectivity index (χ4v) is 2.40. The number of nitrogen functional groups attached to an aromatic ring is 2. The van der Waals surface area contributed by atoms with Crippen LogP contribution in [0, 0.1) is 10.1 Å². The molecule has 0 atom stereocenters. The highest BCUT2D eigenvalue weighted by Gasteiger charge is 2.15. The van der Waals surface area contributed by atoms with Gasteiger partial charge in [-0.15, -0.1) is 0 Å². The molecule has 5 N–H and O–H groups in total. The highest BCUT2D eigenvalue weighted by atomic mass is 16.6. The van der Waals surface area contributed by atoms with Gasteiger partial charge in [0.1, 0.15) is 12.0 Å². The zero-order valence-corrected chi connectivity index (χ0v) is 14.3. The van der Waals surface area contributed by atoms with Crippen molar-refractivity contribution in [3.63, 3.8) is 0 Å². The Kier molecular flexibility index (Phi) is 4.94. The van der Waals surface area contributed by atoms with Crippen molar-refractivity contribution in [2.24, 2.45) is 0 Å². The Hall–Kier alpha value is -4.34. The first-order valence-corrected chi connectivity index (χ1v) is 7.93. The number of nitrogens with zero attached hydrogens (tertiary/aromatic N) is 3. The van der Waals surface area contributed by atoms with Crippen LogP contribution in [-0.4, -0.2) is 26.6 Å². The lowest BCUT2D eigenvalue weighted by molar-refractivity contribution is -0.384. The molecule has 2 aromatic carbocycles. The monoisotopic (exact) mass is 378 g/mol. The second kappa shape index (κ2) is 7.50. The first-order valence-electron chi connectivity index (χ1n) is 7.93. The standard InChI is InChI=1S/C18H14N6O4/c19-16-14(17(20)22-9-21-16)23-18(26)12-3-1-10(2-4-12)15(25)11-5-7-13(8-6-11)24(27)28/h1-9H,(H,23,26)(H4,19,20,21,22). The Morgan fingerprint density at radius 3 is 1.82 bits per heavy atom. The minimum Gasteiger partial charge on any atom is -0.382 e. The Labute approximate surface area is 158 Å². The number of amides is 1. The van der Waals surface area contributed by atoms with Crippen LogP contribution in [-0.2, 0) is 0 Å². The number of rotatable bonds is 5. The van der Waals surface area contributed by atoms with Gasteiger partial charge < -0.3 is 16.8 Å². The van der Waals surface area contributed by atoms with Gasteiger partial charge in [-0.3, -0.25) is 19.7 Å². The van der Waals surface area contributed by atoms with Crippen molar-refractivity contribution < 1.29 is 14.5 Å². The molecule has 0 saturated carbocycles. The molecule has 0 unspecified atom stereocenters. The van der Waals surface area contributed by atoms with Crippen LogP contribution in [0.3, 0.4) is 0 Å². The van der Waals surface area contributed by atoms with Gasteiger partial charge >= 0.3 is 0 Å². The summed E-state index contributed by atoms with van der Waals surface area (Å²) in [6, 6.07) is 11.1. The SMILES string of the molecule is Nc1ncnc(N)c1NC(=O)c1ccc(C(=O)c2ccc([N+](=O)[O-])cc2)cc1. The molecule has 3 aromatic rings. The van der Waals surface area contributed by atoms with E-state index in [1.54, 1.807) is 0 Å². The Morgan fingerprint density at radius 1 is 0.857 bits per heavy atom. The lowest BCUT2D eigenvalue weighted by atomic mass is 10.0. The molecule has 10 nitrogen and oxygen atoms in total. The third kappa shape index (κ3) is 3.75. The lowest BCUT2D eigenvalue weighted by Crippen LogP contribution is -2.16. The zero-order chi connectivity index (χ0) is 20.3. The topological polar surface area (TPSA) is 167 Å². The van der Waals surface area contributed by atoms with Crippen molar-refractivity contribution >= 4 is 34.7 Å². The number of nitro groups is 1. The molecule has 1 amide bonds. The van der Waals surface area contributed by atoms with E-state index in [0.717, 1.165) is 0 Å². The van der Waals surface area contributed by atoms with Gasteiger partial charge in [0.25, 0.3) is 11.6 Å². The second-order valence-electron chi connectivity index (χ2n) is 5.68. The third-order valence-corrected chi connectivity index (χ3v) is 3.89. The van der Waals surface area contributed by atoms with Gasteiger partial charge in [-0.25, -0.2) is 9.97 Å². The minimum absolute atomic E-state index is 0.0332. The average molecular weight is 378 g/mol. The number of nitro benzene ring substituents is 1. The van der Waals surface area contributed by atoms with E-state index in [4.69, 9.17) is 11.5 Å². The fourth-order valence-electron chi connectivity index (χ4n) is 2.40. The number of anilines is 3. The van der Waals surface area contributed by atoms with Crippen molar-refractivity contribution in [3.05, 3.63) is 81.7 Å². The minimum atomic E-state index is -0.543. The normalized spacial score (nSPS) is 10.3. The predicted octanol–water partition coefficient (Wildman–Crippen LogP) is 2.03. The number of hydrogen-bond donors (Lipinski definition) is 3. The summed E-state index contributed by atoms with van der Waals surface area (Å²) in [5, 5.41) is 13.2. The lowest BCUT2D eigenvalue weighted by Gasteiger charge is -2.09. The van der Waals surface area contributed by atoms with Crippen LogP contribution < -0.4 is 16.8 Å². The van der Waals surface area contributed by atoms with Crippen molar-refractivity contribution in [2.75, 3.05) is 16.8 Å². The van der Waals surface area contributed by atoms with Gasteiger partial charge in [-0.2, -0.15) is 0 Å². The molecule has 1 aromatic heterocycles. The molecule has 28 heavy (non-hydrogen) atoms. The Balaban J connectivity index is 1.76. The largest absolute Gasteiger partial charge is 0.382 e. The quantitative estimate of drug-likeness (QED) is 0.344. The van der Waals surface area contributed by atoms with Crippen molar-refractivity contribution in [1.29, 1.82) is 0 Å². The molecule has 140 valence electrons. The number of benzene rings is 2. The van der Waals surface area contributed by atoms with Crippen LogP contribution in [0.4, 0.5) is 23.0 Å². The number of carbonyl (C=O) groups is 2. The van der Waals surface area contributed by atoms with E-state index >= 15 is 0 Å². The van der Waals surface area contributed by atoms with Crippen LogP contribution in [0.2, 0.25) is 0 Å². The maximum Gasteiger partial charge on any atom is 0.269 e. The number of nitrogens with one attached hydrogen (secondary N) is 1. The van der Waals surface area contributed by atoms with Crippen molar-refractivity contribution in [3.8, 4) is 0 Å². The van der Waals surface area contributed by atoms with E-state index in [1.165, 1.54) is 54.9 Å². The smallest absolute Gasteiger partial charge is 0.269 e. The highest BCUT2D eigenvalue weighted by Crippen LogP contribution is 2.22. The van der Waals surface area contributed by atoms with Crippen LogP contribution >= 0.6 is 0 Å². The summed E-state index contributed by atoms with van der Waals surface area (Å²) in [5.74, 6) is -0.758. The summed E-state index contributed by atoms with van der Waals surface area (Å²) in [6.45, 7) is 0. The molecule has 3 rings (SSSR count). The van der Waals surface area contributed by atoms with Crippen molar-refractivity contribution in [2.45, 2.75) is 0 Å². The maximum absolute atomic E-state index is 12.5. The third-order valence-electron chi connectivity index (χ3n) is 3.89. The van der Waals surface area contributed by atoms with E-state index in [1.807, 2.05) is 0 Å². The number of hydrogen-bond acceptors (Lipinski definition) is 8. The first kappa shape index (κ1) is 18.5. The van der Waals surface area contributed by atoms with Crippen LogP contribution in [0.15, 0.2) is 54.9 Å². The summed E-state index contributed by atoms with van der Waals surface area (Å²) in [5.41, 5.74) is 12.2. The van der Waals surface area contributed by atoms with Gasteiger partial charge in [-0.1, -0.05) is 12.1 Å². The maximum atomic E-state index is 12.5. The predicted molar refractivity (Wildman–Crippen MR) is 102 cm³/mol. The molecule has 0 aliphatic carbocycles. The van der Waals surface area contributed by atoms with Gasteiger partial charge in [0.15, 0.2) is 17.4 Å². The van der Waals surface area contributed by atoms with Gasteiger partial charge in [-0.05, 0) is 24.3 Å². The molecule has 1 heterocycles. The van der Waals surface area contributed by atoms with Crippen LogP contribution in [0.5, 0.6) is 0 Å². The van der Waals surface area contributed by atoms with Gasteiger partial charge in [0, 0.05) is 28.8 Å². The summed E-state index contributed by atoms with van der Waals surface area (Å²) in [7, 11) is 0. The fraction of sp³-hybridized carbons (Fsp3) is 0. The number of ketones is 1. The number of non-ortho nitro benzene ring substituents is 1. The average Bonchev–Trinajstić information content (AvgIpc) is 2.70. The number of nitrogens with two attached hydrogens (primary N) is 2. The molecule has 10 heteroatoms. The van der Waals surface area contributed by atoms with Crippen molar-refractivity contribution in [1.82, 2.24) is 9.97 Å². The molecular formula is C18H14N6O4. The first-order chi connectivity index (χ1) is 13.4. The van der Waals surface area contributed by atoms with E-state index in [2.05, 4.69) is 15.3 Å². The number of aromatic nitrogens is 2. The van der Waals surface area contributed by atoms with Gasteiger partial charge in [0.2, 0.25) is 0 Å². The van der Waals surface area contributed by atoms with E-state index < -0.39 is 10.8 Å². The molecule has 0 radical (unpaired) electrons. The molecule has 0 spiro atoms. The summed E-state index contributed by atoms with van der Waals surface area (Å²) in [6.07, 6.45) is 1.18. The van der Waals surface area contributed by atoms with E-state index in [0.29, 0.717) is 11.1 Å². The molecular weight excluding hydrogens is 364 g/mol. The van der Waals surface area contributed by atoms with Gasteiger partial charge in [0.05, 0.1) is 4.92 Å². The van der Waals surface area contributed by atoms with Crippen LogP contribution in [0.1, 0.15) is 26.3 Å². The van der Waals surface area contributed by atoms with E-state index in [9.17, 15) is 19.7 Å². The number of carbonyl (C=O) groups excluding carboxylic acids is 2. The summed E-state index contributed by atoms with van der Waals surface area (Å²) >= 11 is 0. The summed E-state index contributed by atoms with van der Waals surface area (Å²) in [4.78, 5) is 42.5. The van der Waals surface area contributed by atoms with Crippen LogP contribution in [0.25, 0.3) is 0 Å². The molecule has 0 bridgehead atoms. The highest BCUT2D eigenvalue weighted by molar-refractivity contribution is 6.10. The zero-order valence-electron chi connectivity index (χ0n) is 14.3. The summed E-state index contributed by atoms with van der Waals surface area (Å²) < 4.78 is 0. The second-order valence-corrected chi connectivity index (χ2v) is 5.68. The van der Waals surface area contributed by atoms with E-state index in [-0.39, 0.29) is 34.4 Å². The molecule has 0 fully saturated rings. The molecule has 0 saturated heterocycles. The Morgan fingerprint density at radius 2 is 1.32 bits per heavy atom. The Bertz CT molecular complexity index is 1040. The molecule has 0 aliphatic heterocycles.